The first-order chi connectivity index (χ1) is 8.85. The van der Waals surface area contributed by atoms with Crippen LogP contribution in [-0.4, -0.2) is 42.1 Å². The van der Waals surface area contributed by atoms with Gasteiger partial charge in [-0.25, -0.2) is 0 Å². The van der Waals surface area contributed by atoms with Crippen molar-refractivity contribution >= 4 is 5.91 Å². The Morgan fingerprint density at radius 2 is 2.05 bits per heavy atom. The van der Waals surface area contributed by atoms with Crippen LogP contribution in [0.2, 0.25) is 0 Å². The number of nitrogens with one attached hydrogen (secondary N) is 1. The van der Waals surface area contributed by atoms with Gasteiger partial charge in [-0.3, -0.25) is 4.79 Å². The van der Waals surface area contributed by atoms with Gasteiger partial charge in [-0.1, -0.05) is 19.0 Å². The molecular weight excluding hydrogens is 242 g/mol. The Morgan fingerprint density at radius 1 is 1.42 bits per heavy atom. The number of carbonyl (C=O) groups is 1. The summed E-state index contributed by atoms with van der Waals surface area (Å²) in [5.74, 6) is 0.610. The summed E-state index contributed by atoms with van der Waals surface area (Å²) < 4.78 is 5.15. The second-order valence-corrected chi connectivity index (χ2v) is 5.36. The van der Waals surface area contributed by atoms with Crippen molar-refractivity contribution in [2.45, 2.75) is 46.1 Å². The molecule has 5 heteroatoms. The molecule has 0 aromatic carbocycles. The molecule has 0 aliphatic carbocycles. The molecule has 0 bridgehead atoms. The average molecular weight is 267 g/mol. The van der Waals surface area contributed by atoms with E-state index in [-0.39, 0.29) is 11.4 Å². The summed E-state index contributed by atoms with van der Waals surface area (Å²) in [6.07, 6.45) is 1.70. The lowest BCUT2D eigenvalue weighted by molar-refractivity contribution is 0.0897. The lowest BCUT2D eigenvalue weighted by Crippen LogP contribution is -2.50. The Labute approximate surface area is 115 Å². The first kappa shape index (κ1) is 15.7. The van der Waals surface area contributed by atoms with E-state index in [0.717, 1.165) is 24.2 Å². The Hall–Kier alpha value is -1.36. The van der Waals surface area contributed by atoms with Crippen molar-refractivity contribution in [2.24, 2.45) is 0 Å². The number of rotatable bonds is 6. The highest BCUT2D eigenvalue weighted by Crippen LogP contribution is 2.16. The highest BCUT2D eigenvalue weighted by Gasteiger charge is 2.26. The maximum atomic E-state index is 12.1. The van der Waals surface area contributed by atoms with E-state index < -0.39 is 0 Å². The summed E-state index contributed by atoms with van der Waals surface area (Å²) >= 11 is 0. The first-order valence-corrected chi connectivity index (χ1v) is 6.76. The van der Waals surface area contributed by atoms with Crippen LogP contribution in [0, 0.1) is 6.92 Å². The summed E-state index contributed by atoms with van der Waals surface area (Å²) in [6.45, 7) is 8.68. The van der Waals surface area contributed by atoms with Crippen molar-refractivity contribution < 1.29 is 9.32 Å². The number of aromatic nitrogens is 1. The highest BCUT2D eigenvalue weighted by atomic mass is 16.5. The zero-order valence-electron chi connectivity index (χ0n) is 12.8. The van der Waals surface area contributed by atoms with Crippen molar-refractivity contribution in [2.75, 3.05) is 20.6 Å². The number of hydrogen-bond acceptors (Lipinski definition) is 4. The van der Waals surface area contributed by atoms with Gasteiger partial charge in [-0.05, 0) is 34.4 Å². The normalized spacial score (nSPS) is 14.5. The summed E-state index contributed by atoms with van der Waals surface area (Å²) in [5.41, 5.74) is 1.18. The molecule has 0 saturated carbocycles. The Bertz CT molecular complexity index is 440. The van der Waals surface area contributed by atoms with Gasteiger partial charge in [0.2, 0.25) is 0 Å². The lowest BCUT2D eigenvalue weighted by Gasteiger charge is -2.35. The number of carbonyl (C=O) groups excluding carboxylic acids is 1. The van der Waals surface area contributed by atoms with E-state index in [1.807, 2.05) is 27.9 Å². The highest BCUT2D eigenvalue weighted by molar-refractivity contribution is 5.93. The molecule has 1 aromatic rings. The third-order valence-electron chi connectivity index (χ3n) is 4.03. The molecule has 0 radical (unpaired) electrons. The minimum Gasteiger partial charge on any atom is -0.360 e. The van der Waals surface area contributed by atoms with E-state index in [0.29, 0.717) is 12.2 Å². The standard InChI is InChI=1S/C14H25N3O2/c1-7-11-10(3)12(16-19-11)13(18)15-9-14(4,8-2)17(5)6/h7-9H2,1-6H3,(H,15,18). The topological polar surface area (TPSA) is 58.4 Å². The number of amides is 1. The third-order valence-corrected chi connectivity index (χ3v) is 4.03. The fourth-order valence-electron chi connectivity index (χ4n) is 1.86. The molecule has 1 amide bonds. The van der Waals surface area contributed by atoms with Crippen LogP contribution in [0.15, 0.2) is 4.52 Å². The second kappa shape index (κ2) is 6.19. The Balaban J connectivity index is 2.72. The molecule has 19 heavy (non-hydrogen) atoms. The van der Waals surface area contributed by atoms with E-state index in [1.165, 1.54) is 0 Å². The zero-order valence-corrected chi connectivity index (χ0v) is 12.8. The lowest BCUT2D eigenvalue weighted by atomic mass is 9.97. The number of hydrogen-bond donors (Lipinski definition) is 1. The van der Waals surface area contributed by atoms with Gasteiger partial charge in [0.25, 0.3) is 5.91 Å². The van der Waals surface area contributed by atoms with E-state index >= 15 is 0 Å². The van der Waals surface area contributed by atoms with Crippen LogP contribution < -0.4 is 5.32 Å². The van der Waals surface area contributed by atoms with Gasteiger partial charge in [0.05, 0.1) is 0 Å². The van der Waals surface area contributed by atoms with E-state index in [4.69, 9.17) is 4.52 Å². The predicted molar refractivity (Wildman–Crippen MR) is 75.3 cm³/mol. The molecule has 5 nitrogen and oxygen atoms in total. The minimum atomic E-state index is -0.164. The van der Waals surface area contributed by atoms with Crippen LogP contribution in [0.4, 0.5) is 0 Å². The predicted octanol–water partition coefficient (Wildman–Crippen LogP) is 2.01. The first-order valence-electron chi connectivity index (χ1n) is 6.76. The van der Waals surface area contributed by atoms with Crippen LogP contribution in [0.25, 0.3) is 0 Å². The van der Waals surface area contributed by atoms with Crippen molar-refractivity contribution in [1.29, 1.82) is 0 Å². The molecule has 0 aliphatic rings. The van der Waals surface area contributed by atoms with Crippen molar-refractivity contribution in [1.82, 2.24) is 15.4 Å². The van der Waals surface area contributed by atoms with Gasteiger partial charge in [-0.2, -0.15) is 0 Å². The summed E-state index contributed by atoms with van der Waals surface area (Å²) in [6, 6.07) is 0. The van der Waals surface area contributed by atoms with E-state index in [9.17, 15) is 4.79 Å². The molecule has 1 aromatic heterocycles. The van der Waals surface area contributed by atoms with Gasteiger partial charge in [0, 0.05) is 24.1 Å². The summed E-state index contributed by atoms with van der Waals surface area (Å²) in [5, 5.41) is 6.80. The van der Waals surface area contributed by atoms with E-state index in [1.54, 1.807) is 0 Å². The van der Waals surface area contributed by atoms with Gasteiger partial charge in [0.15, 0.2) is 5.69 Å². The molecule has 1 atom stereocenters. The molecule has 0 aliphatic heterocycles. The van der Waals surface area contributed by atoms with E-state index in [2.05, 4.69) is 29.2 Å². The van der Waals surface area contributed by atoms with Crippen molar-refractivity contribution in [3.05, 3.63) is 17.0 Å². The molecule has 0 fully saturated rings. The molecule has 1 rings (SSSR count). The van der Waals surface area contributed by atoms with Crippen LogP contribution >= 0.6 is 0 Å². The molecule has 0 spiro atoms. The molecule has 1 N–H and O–H groups in total. The summed E-state index contributed by atoms with van der Waals surface area (Å²) in [7, 11) is 4.04. The Morgan fingerprint density at radius 3 is 2.47 bits per heavy atom. The number of likely N-dealkylation sites (N-methyl/N-ethyl adjacent to an activating group) is 1. The Kier molecular flexibility index (Phi) is 5.11. The third kappa shape index (κ3) is 3.35. The van der Waals surface area contributed by atoms with Gasteiger partial charge >= 0.3 is 0 Å². The van der Waals surface area contributed by atoms with Crippen LogP contribution in [-0.2, 0) is 6.42 Å². The van der Waals surface area contributed by atoms with Crippen LogP contribution in [0.5, 0.6) is 0 Å². The molecule has 108 valence electrons. The largest absolute Gasteiger partial charge is 0.360 e. The van der Waals surface area contributed by atoms with Gasteiger partial charge < -0.3 is 14.7 Å². The fraction of sp³-hybridized carbons (Fsp3) is 0.714. The van der Waals surface area contributed by atoms with Crippen molar-refractivity contribution in [3.63, 3.8) is 0 Å². The maximum absolute atomic E-state index is 12.1. The quantitative estimate of drug-likeness (QED) is 0.856. The monoisotopic (exact) mass is 267 g/mol. The van der Waals surface area contributed by atoms with Crippen LogP contribution in [0.3, 0.4) is 0 Å². The molecule has 1 unspecified atom stereocenters. The minimum absolute atomic E-state index is 0.0547. The summed E-state index contributed by atoms with van der Waals surface area (Å²) in [4.78, 5) is 14.3. The molecule has 0 saturated heterocycles. The maximum Gasteiger partial charge on any atom is 0.273 e. The molecule has 1 heterocycles. The zero-order chi connectivity index (χ0) is 14.6. The second-order valence-electron chi connectivity index (χ2n) is 5.36. The van der Waals surface area contributed by atoms with Gasteiger partial charge in [-0.15, -0.1) is 0 Å². The fourth-order valence-corrected chi connectivity index (χ4v) is 1.86. The van der Waals surface area contributed by atoms with Crippen molar-refractivity contribution in [3.8, 4) is 0 Å². The van der Waals surface area contributed by atoms with Crippen LogP contribution in [0.1, 0.15) is 49.0 Å². The number of aryl methyl sites for hydroxylation is 1. The SMILES string of the molecule is CCc1onc(C(=O)NCC(C)(CC)N(C)C)c1C. The molecular formula is C14H25N3O2. The number of nitrogens with zero attached hydrogens (tertiary/aromatic N) is 2. The average Bonchev–Trinajstić information content (AvgIpc) is 2.76. The smallest absolute Gasteiger partial charge is 0.273 e. The van der Waals surface area contributed by atoms with Gasteiger partial charge in [0.1, 0.15) is 5.76 Å².